The summed E-state index contributed by atoms with van der Waals surface area (Å²) in [5, 5.41) is 10.3. The maximum Gasteiger partial charge on any atom is 0.310 e. The summed E-state index contributed by atoms with van der Waals surface area (Å²) in [5.41, 5.74) is -0.476. The van der Waals surface area contributed by atoms with Crippen LogP contribution >= 0.6 is 11.6 Å². The number of methoxy groups -OCH3 is 1. The number of nitro benzene ring substituents is 1. The van der Waals surface area contributed by atoms with Crippen molar-refractivity contribution in [3.8, 4) is 0 Å². The fourth-order valence-corrected chi connectivity index (χ4v) is 1.27. The molecule has 7 heteroatoms. The van der Waals surface area contributed by atoms with Gasteiger partial charge in [-0.1, -0.05) is 11.6 Å². The predicted molar refractivity (Wildman–Crippen MR) is 53.8 cm³/mol. The summed E-state index contributed by atoms with van der Waals surface area (Å²) in [6.07, 6.45) is -0.374. The number of nitro groups is 1. The van der Waals surface area contributed by atoms with Crippen molar-refractivity contribution < 1.29 is 18.8 Å². The van der Waals surface area contributed by atoms with Crippen LogP contribution in [0.3, 0.4) is 0 Å². The summed E-state index contributed by atoms with van der Waals surface area (Å²) in [7, 11) is 1.14. The van der Waals surface area contributed by atoms with Crippen molar-refractivity contribution in [1.82, 2.24) is 0 Å². The third-order valence-electron chi connectivity index (χ3n) is 1.88. The van der Waals surface area contributed by atoms with E-state index in [1.165, 1.54) is 0 Å². The first kappa shape index (κ1) is 12.4. The number of benzene rings is 1. The molecule has 0 unspecified atom stereocenters. The zero-order valence-corrected chi connectivity index (χ0v) is 8.95. The minimum atomic E-state index is -0.814. The Morgan fingerprint density at radius 2 is 2.25 bits per heavy atom. The van der Waals surface area contributed by atoms with Gasteiger partial charge in [-0.25, -0.2) is 4.39 Å². The number of hydrogen-bond acceptors (Lipinski definition) is 4. The molecule has 0 aromatic heterocycles. The van der Waals surface area contributed by atoms with Gasteiger partial charge in [-0.3, -0.25) is 14.9 Å². The highest BCUT2D eigenvalue weighted by Gasteiger charge is 2.19. The summed E-state index contributed by atoms with van der Waals surface area (Å²) in [4.78, 5) is 20.8. The number of nitrogens with zero attached hydrogens (tertiary/aromatic N) is 1. The molecule has 0 N–H and O–H groups in total. The molecule has 1 aromatic rings. The molecule has 0 aliphatic carbocycles. The highest BCUT2D eigenvalue weighted by molar-refractivity contribution is 6.31. The number of carbonyl (C=O) groups is 1. The van der Waals surface area contributed by atoms with E-state index in [1.54, 1.807) is 0 Å². The van der Waals surface area contributed by atoms with Crippen LogP contribution in [0.15, 0.2) is 12.1 Å². The summed E-state index contributed by atoms with van der Waals surface area (Å²) in [6.45, 7) is 0. The third-order valence-corrected chi connectivity index (χ3v) is 2.17. The molecule has 0 spiro atoms. The van der Waals surface area contributed by atoms with Crippen LogP contribution in [-0.2, 0) is 16.0 Å². The zero-order chi connectivity index (χ0) is 12.3. The van der Waals surface area contributed by atoms with Crippen LogP contribution in [0, 0.1) is 15.9 Å². The number of ether oxygens (including phenoxy) is 1. The van der Waals surface area contributed by atoms with E-state index in [0.717, 1.165) is 19.2 Å². The van der Waals surface area contributed by atoms with Crippen LogP contribution in [0.5, 0.6) is 0 Å². The number of rotatable bonds is 3. The van der Waals surface area contributed by atoms with Gasteiger partial charge in [0.25, 0.3) is 5.69 Å². The standard InChI is InChI=1S/C9H7ClFNO4/c1-16-9(13)3-5-2-7(11)6(10)4-8(5)12(14)15/h2,4H,3H2,1H3. The van der Waals surface area contributed by atoms with Gasteiger partial charge < -0.3 is 4.74 Å². The molecule has 5 nitrogen and oxygen atoms in total. The molecule has 0 fully saturated rings. The molecule has 0 aliphatic heterocycles. The van der Waals surface area contributed by atoms with Crippen molar-refractivity contribution in [2.24, 2.45) is 0 Å². The Bertz CT molecular complexity index is 449. The van der Waals surface area contributed by atoms with E-state index in [2.05, 4.69) is 4.74 Å². The fourth-order valence-electron chi connectivity index (χ4n) is 1.12. The molecule has 0 heterocycles. The third kappa shape index (κ3) is 2.66. The van der Waals surface area contributed by atoms with E-state index in [-0.39, 0.29) is 17.0 Å². The van der Waals surface area contributed by atoms with Gasteiger partial charge >= 0.3 is 5.97 Å². The van der Waals surface area contributed by atoms with Crippen LogP contribution in [0.2, 0.25) is 5.02 Å². The largest absolute Gasteiger partial charge is 0.469 e. The summed E-state index contributed by atoms with van der Waals surface area (Å²) >= 11 is 5.40. The molecule has 0 saturated heterocycles. The number of esters is 1. The molecular formula is C9H7ClFNO4. The molecule has 16 heavy (non-hydrogen) atoms. The average molecular weight is 248 g/mol. The number of halogens is 2. The molecule has 86 valence electrons. The van der Waals surface area contributed by atoms with Crippen molar-refractivity contribution in [3.05, 3.63) is 38.7 Å². The Balaban J connectivity index is 3.19. The molecular weight excluding hydrogens is 241 g/mol. The first-order chi connectivity index (χ1) is 7.45. The molecule has 0 atom stereocenters. The predicted octanol–water partition coefficient (Wildman–Crippen LogP) is 2.10. The first-order valence-corrected chi connectivity index (χ1v) is 4.52. The van der Waals surface area contributed by atoms with Gasteiger partial charge in [-0.05, 0) is 6.07 Å². The number of carbonyl (C=O) groups excluding carboxylic acids is 1. The lowest BCUT2D eigenvalue weighted by atomic mass is 10.1. The Labute approximate surface area is 94.9 Å². The summed E-state index contributed by atoms with van der Waals surface area (Å²) in [5.74, 6) is -1.50. The second-order valence-corrected chi connectivity index (χ2v) is 3.31. The lowest BCUT2D eigenvalue weighted by Crippen LogP contribution is -2.07. The van der Waals surface area contributed by atoms with Gasteiger partial charge in [0.2, 0.25) is 0 Å². The summed E-state index contributed by atoms with van der Waals surface area (Å²) < 4.78 is 17.4. The molecule has 0 aliphatic rings. The maximum atomic E-state index is 13.1. The van der Waals surface area contributed by atoms with Crippen LogP contribution in [-0.4, -0.2) is 18.0 Å². The van der Waals surface area contributed by atoms with E-state index >= 15 is 0 Å². The highest BCUT2D eigenvalue weighted by Crippen LogP contribution is 2.26. The quantitative estimate of drug-likeness (QED) is 0.466. The topological polar surface area (TPSA) is 69.4 Å². The Morgan fingerprint density at radius 3 is 2.75 bits per heavy atom. The summed E-state index contributed by atoms with van der Waals surface area (Å²) in [6, 6.07) is 1.73. The van der Waals surface area contributed by atoms with Crippen molar-refractivity contribution >= 4 is 23.3 Å². The van der Waals surface area contributed by atoms with Gasteiger partial charge in [-0.15, -0.1) is 0 Å². The second-order valence-electron chi connectivity index (χ2n) is 2.91. The maximum absolute atomic E-state index is 13.1. The van der Waals surface area contributed by atoms with Crippen molar-refractivity contribution in [3.63, 3.8) is 0 Å². The van der Waals surface area contributed by atoms with Crippen molar-refractivity contribution in [2.45, 2.75) is 6.42 Å². The lowest BCUT2D eigenvalue weighted by molar-refractivity contribution is -0.385. The molecule has 0 bridgehead atoms. The van der Waals surface area contributed by atoms with E-state index in [1.807, 2.05) is 0 Å². The lowest BCUT2D eigenvalue weighted by Gasteiger charge is -2.03. The Kier molecular flexibility index (Phi) is 3.78. The first-order valence-electron chi connectivity index (χ1n) is 4.15. The Morgan fingerprint density at radius 1 is 1.62 bits per heavy atom. The van der Waals surface area contributed by atoms with Crippen molar-refractivity contribution in [1.29, 1.82) is 0 Å². The fraction of sp³-hybridized carbons (Fsp3) is 0.222. The molecule has 1 rings (SSSR count). The minimum Gasteiger partial charge on any atom is -0.469 e. The Hall–Kier alpha value is -1.69. The molecule has 0 saturated carbocycles. The average Bonchev–Trinajstić information content (AvgIpc) is 2.22. The van der Waals surface area contributed by atoms with E-state index < -0.39 is 22.4 Å². The van der Waals surface area contributed by atoms with E-state index in [9.17, 15) is 19.3 Å². The molecule has 0 radical (unpaired) electrons. The SMILES string of the molecule is COC(=O)Cc1cc(F)c(Cl)cc1[N+](=O)[O-]. The van der Waals surface area contributed by atoms with Gasteiger partial charge in [0, 0.05) is 11.6 Å². The van der Waals surface area contributed by atoms with Crippen LogP contribution in [0.4, 0.5) is 10.1 Å². The second kappa shape index (κ2) is 4.89. The normalized spacial score (nSPS) is 9.94. The highest BCUT2D eigenvalue weighted by atomic mass is 35.5. The van der Waals surface area contributed by atoms with E-state index in [0.29, 0.717) is 0 Å². The van der Waals surface area contributed by atoms with Gasteiger partial charge in [0.15, 0.2) is 0 Å². The van der Waals surface area contributed by atoms with Crippen LogP contribution in [0.1, 0.15) is 5.56 Å². The monoisotopic (exact) mass is 247 g/mol. The van der Waals surface area contributed by atoms with Crippen LogP contribution in [0.25, 0.3) is 0 Å². The minimum absolute atomic E-state index is 0.0706. The van der Waals surface area contributed by atoms with Crippen LogP contribution < -0.4 is 0 Å². The van der Waals surface area contributed by atoms with Gasteiger partial charge in [0.1, 0.15) is 5.82 Å². The van der Waals surface area contributed by atoms with Gasteiger partial charge in [0.05, 0.1) is 23.5 Å². The smallest absolute Gasteiger partial charge is 0.310 e. The molecule has 0 amide bonds. The van der Waals surface area contributed by atoms with Gasteiger partial charge in [-0.2, -0.15) is 0 Å². The molecule has 1 aromatic carbocycles. The van der Waals surface area contributed by atoms with E-state index in [4.69, 9.17) is 11.6 Å². The number of hydrogen-bond donors (Lipinski definition) is 0. The van der Waals surface area contributed by atoms with Crippen molar-refractivity contribution in [2.75, 3.05) is 7.11 Å². The zero-order valence-electron chi connectivity index (χ0n) is 8.20.